The second kappa shape index (κ2) is 8.32. The van der Waals surface area contributed by atoms with Crippen LogP contribution in [0.5, 0.6) is 0 Å². The van der Waals surface area contributed by atoms with Gasteiger partial charge in [0.05, 0.1) is 19.6 Å². The van der Waals surface area contributed by atoms with Gasteiger partial charge in [-0.2, -0.15) is 0 Å². The van der Waals surface area contributed by atoms with Gasteiger partial charge in [0.25, 0.3) is 0 Å². The molecule has 1 aromatic rings. The minimum Gasteiger partial charge on any atom is -0.469 e. The Labute approximate surface area is 137 Å². The predicted molar refractivity (Wildman–Crippen MR) is 89.6 cm³/mol. The molecule has 0 radical (unpaired) electrons. The molecule has 122 valence electrons. The number of hydrogen-bond donors (Lipinski definition) is 0. The molecule has 4 heteroatoms. The van der Waals surface area contributed by atoms with Gasteiger partial charge in [-0.05, 0) is 18.4 Å². The highest BCUT2D eigenvalue weighted by Crippen LogP contribution is 2.32. The number of esters is 1. The van der Waals surface area contributed by atoms with Gasteiger partial charge in [0, 0.05) is 12.5 Å². The Bertz CT molecular complexity index is 580. The number of nitrogens with zero attached hydrogens (tertiary/aromatic N) is 1. The van der Waals surface area contributed by atoms with E-state index in [9.17, 15) is 9.59 Å². The van der Waals surface area contributed by atoms with E-state index in [4.69, 9.17) is 0 Å². The summed E-state index contributed by atoms with van der Waals surface area (Å²) in [6.07, 6.45) is 7.83. The molecule has 0 unspecified atom stereocenters. The first-order valence-corrected chi connectivity index (χ1v) is 7.87. The Morgan fingerprint density at radius 2 is 2.04 bits per heavy atom. The molecule has 1 aliphatic rings. The molecule has 0 fully saturated rings. The van der Waals surface area contributed by atoms with Crippen LogP contribution in [0.25, 0.3) is 0 Å². The molecule has 2 atom stereocenters. The standard InChI is InChI=1S/C19H23NO3/c1-3-8-16-11-7-12-17(15-9-5-4-6-10-15)20(16)18(21)13-14-19(22)23-2/h3-7,9-10,12,16-17H,1,8,11,13-14H2,2H3/t16-,17+/m1/s1. The van der Waals surface area contributed by atoms with Crippen molar-refractivity contribution in [1.82, 2.24) is 4.90 Å². The largest absolute Gasteiger partial charge is 0.469 e. The van der Waals surface area contributed by atoms with E-state index in [0.717, 1.165) is 18.4 Å². The molecular weight excluding hydrogens is 290 g/mol. The smallest absolute Gasteiger partial charge is 0.306 e. The molecule has 0 aromatic heterocycles. The van der Waals surface area contributed by atoms with Crippen LogP contribution in [-0.2, 0) is 14.3 Å². The Morgan fingerprint density at radius 3 is 2.70 bits per heavy atom. The van der Waals surface area contributed by atoms with Crippen molar-refractivity contribution in [2.45, 2.75) is 37.8 Å². The molecule has 2 rings (SSSR count). The van der Waals surface area contributed by atoms with Crippen LogP contribution < -0.4 is 0 Å². The van der Waals surface area contributed by atoms with Crippen molar-refractivity contribution in [3.63, 3.8) is 0 Å². The molecule has 1 aliphatic heterocycles. The van der Waals surface area contributed by atoms with E-state index in [1.807, 2.05) is 41.3 Å². The lowest BCUT2D eigenvalue weighted by Crippen LogP contribution is -2.44. The topological polar surface area (TPSA) is 46.6 Å². The number of carbonyl (C=O) groups excluding carboxylic acids is 2. The zero-order valence-electron chi connectivity index (χ0n) is 13.5. The third-order valence-corrected chi connectivity index (χ3v) is 4.06. The lowest BCUT2D eigenvalue weighted by atomic mass is 9.94. The summed E-state index contributed by atoms with van der Waals surface area (Å²) in [5.74, 6) is -0.386. The molecule has 1 aromatic carbocycles. The van der Waals surface area contributed by atoms with Crippen molar-refractivity contribution in [2.75, 3.05) is 7.11 Å². The molecule has 23 heavy (non-hydrogen) atoms. The lowest BCUT2D eigenvalue weighted by Gasteiger charge is -2.39. The molecule has 0 aliphatic carbocycles. The SMILES string of the molecule is C=CC[C@@H]1CC=C[C@@H](c2ccccc2)N1C(=O)CCC(=O)OC. The minimum absolute atomic E-state index is 0.0274. The molecule has 1 amide bonds. The predicted octanol–water partition coefficient (Wildman–Crippen LogP) is 3.41. The van der Waals surface area contributed by atoms with Gasteiger partial charge in [-0.3, -0.25) is 9.59 Å². The fourth-order valence-electron chi connectivity index (χ4n) is 2.92. The zero-order valence-corrected chi connectivity index (χ0v) is 13.5. The number of methoxy groups -OCH3 is 1. The average Bonchev–Trinajstić information content (AvgIpc) is 2.60. The average molecular weight is 313 g/mol. The first-order chi connectivity index (χ1) is 11.2. The van der Waals surface area contributed by atoms with Gasteiger partial charge in [0.1, 0.15) is 0 Å². The van der Waals surface area contributed by atoms with E-state index < -0.39 is 0 Å². The summed E-state index contributed by atoms with van der Waals surface area (Å²) in [6.45, 7) is 3.80. The van der Waals surface area contributed by atoms with Gasteiger partial charge in [-0.1, -0.05) is 48.6 Å². The van der Waals surface area contributed by atoms with E-state index in [1.165, 1.54) is 7.11 Å². The van der Waals surface area contributed by atoms with Crippen molar-refractivity contribution >= 4 is 11.9 Å². The fraction of sp³-hybridized carbons (Fsp3) is 0.368. The van der Waals surface area contributed by atoms with Crippen molar-refractivity contribution in [2.24, 2.45) is 0 Å². The maximum absolute atomic E-state index is 12.7. The monoisotopic (exact) mass is 313 g/mol. The molecule has 0 spiro atoms. The Kier molecular flexibility index (Phi) is 6.15. The van der Waals surface area contributed by atoms with Crippen molar-refractivity contribution < 1.29 is 14.3 Å². The Morgan fingerprint density at radius 1 is 1.30 bits per heavy atom. The second-order valence-corrected chi connectivity index (χ2v) is 5.57. The maximum Gasteiger partial charge on any atom is 0.306 e. The molecular formula is C19H23NO3. The fourth-order valence-corrected chi connectivity index (χ4v) is 2.92. The highest BCUT2D eigenvalue weighted by atomic mass is 16.5. The third kappa shape index (κ3) is 4.31. The van der Waals surface area contributed by atoms with Crippen LogP contribution in [0.3, 0.4) is 0 Å². The molecule has 0 N–H and O–H groups in total. The second-order valence-electron chi connectivity index (χ2n) is 5.57. The highest BCUT2D eigenvalue weighted by Gasteiger charge is 2.31. The third-order valence-electron chi connectivity index (χ3n) is 4.06. The van der Waals surface area contributed by atoms with Gasteiger partial charge in [0.15, 0.2) is 0 Å². The summed E-state index contributed by atoms with van der Waals surface area (Å²) in [5, 5.41) is 0. The lowest BCUT2D eigenvalue weighted by molar-refractivity contribution is -0.144. The van der Waals surface area contributed by atoms with Crippen LogP contribution in [0.1, 0.15) is 37.3 Å². The van der Waals surface area contributed by atoms with E-state index in [2.05, 4.69) is 23.5 Å². The summed E-state index contributed by atoms with van der Waals surface area (Å²) in [6, 6.07) is 9.92. The van der Waals surface area contributed by atoms with Gasteiger partial charge >= 0.3 is 5.97 Å². The normalized spacial score (nSPS) is 20.1. The number of hydrogen-bond acceptors (Lipinski definition) is 3. The van der Waals surface area contributed by atoms with Crippen molar-refractivity contribution in [1.29, 1.82) is 0 Å². The first-order valence-electron chi connectivity index (χ1n) is 7.87. The van der Waals surface area contributed by atoms with E-state index >= 15 is 0 Å². The van der Waals surface area contributed by atoms with Crippen LogP contribution in [0, 0.1) is 0 Å². The van der Waals surface area contributed by atoms with Crippen LogP contribution >= 0.6 is 0 Å². The van der Waals surface area contributed by atoms with E-state index in [0.29, 0.717) is 0 Å². The Hall–Kier alpha value is -2.36. The highest BCUT2D eigenvalue weighted by molar-refractivity contribution is 5.82. The quantitative estimate of drug-likeness (QED) is 0.597. The maximum atomic E-state index is 12.7. The molecule has 0 saturated carbocycles. The summed E-state index contributed by atoms with van der Waals surface area (Å²) >= 11 is 0. The van der Waals surface area contributed by atoms with Gasteiger partial charge in [-0.15, -0.1) is 6.58 Å². The van der Waals surface area contributed by atoms with Crippen LogP contribution in [0.2, 0.25) is 0 Å². The van der Waals surface area contributed by atoms with Gasteiger partial charge < -0.3 is 9.64 Å². The number of rotatable bonds is 6. The number of ether oxygens (including phenoxy) is 1. The van der Waals surface area contributed by atoms with E-state index in [1.54, 1.807) is 0 Å². The summed E-state index contributed by atoms with van der Waals surface area (Å²) < 4.78 is 4.63. The molecule has 0 bridgehead atoms. The van der Waals surface area contributed by atoms with Crippen LogP contribution in [0.4, 0.5) is 0 Å². The van der Waals surface area contributed by atoms with Gasteiger partial charge in [-0.25, -0.2) is 0 Å². The zero-order chi connectivity index (χ0) is 16.7. The van der Waals surface area contributed by atoms with Gasteiger partial charge in [0.2, 0.25) is 5.91 Å². The summed E-state index contributed by atoms with van der Waals surface area (Å²) in [4.78, 5) is 26.0. The molecule has 0 saturated heterocycles. The van der Waals surface area contributed by atoms with Crippen LogP contribution in [0.15, 0.2) is 55.1 Å². The first kappa shape index (κ1) is 17.0. The van der Waals surface area contributed by atoms with Crippen molar-refractivity contribution in [3.05, 3.63) is 60.7 Å². The number of carbonyl (C=O) groups is 2. The Balaban J connectivity index is 2.22. The summed E-state index contributed by atoms with van der Waals surface area (Å²) in [7, 11) is 1.34. The van der Waals surface area contributed by atoms with Crippen LogP contribution in [-0.4, -0.2) is 29.9 Å². The molecule has 1 heterocycles. The van der Waals surface area contributed by atoms with E-state index in [-0.39, 0.29) is 36.8 Å². The number of benzene rings is 1. The molecule has 4 nitrogen and oxygen atoms in total. The number of amides is 1. The minimum atomic E-state index is -0.359. The van der Waals surface area contributed by atoms with Crippen molar-refractivity contribution in [3.8, 4) is 0 Å². The summed E-state index contributed by atoms with van der Waals surface area (Å²) in [5.41, 5.74) is 1.07.